The van der Waals surface area contributed by atoms with Gasteiger partial charge in [0.15, 0.2) is 0 Å². The molecule has 1 saturated carbocycles. The molecule has 2 rings (SSSR count). The Kier molecular flexibility index (Phi) is 5.88. The van der Waals surface area contributed by atoms with Gasteiger partial charge in [-0.05, 0) is 43.6 Å². The van der Waals surface area contributed by atoms with Crippen molar-refractivity contribution >= 4 is 0 Å². The highest BCUT2D eigenvalue weighted by molar-refractivity contribution is 4.92. The first-order valence-electron chi connectivity index (χ1n) is 8.60. The van der Waals surface area contributed by atoms with Crippen molar-refractivity contribution in [2.45, 2.75) is 65.5 Å². The van der Waals surface area contributed by atoms with E-state index in [9.17, 15) is 0 Å². The molecule has 3 unspecified atom stereocenters. The monoisotopic (exact) mass is 282 g/mol. The summed E-state index contributed by atoms with van der Waals surface area (Å²) in [6.07, 6.45) is 5.72. The van der Waals surface area contributed by atoms with E-state index in [0.29, 0.717) is 17.6 Å². The van der Waals surface area contributed by atoms with Crippen LogP contribution in [0, 0.1) is 11.3 Å². The van der Waals surface area contributed by atoms with Gasteiger partial charge in [-0.3, -0.25) is 4.90 Å². The highest BCUT2D eigenvalue weighted by Crippen LogP contribution is 2.32. The van der Waals surface area contributed by atoms with Crippen LogP contribution in [0.2, 0.25) is 0 Å². The van der Waals surface area contributed by atoms with Gasteiger partial charge in [-0.15, -0.1) is 0 Å². The number of rotatable bonds is 7. The van der Waals surface area contributed by atoms with Crippen molar-refractivity contribution in [3.8, 4) is 0 Å². The molecule has 0 aromatic rings. The number of fused-ring (bicyclic) bond motifs is 1. The normalized spacial score (nSPS) is 30.4. The molecule has 3 nitrogen and oxygen atoms in total. The summed E-state index contributed by atoms with van der Waals surface area (Å²) >= 11 is 0. The summed E-state index contributed by atoms with van der Waals surface area (Å²) in [5.74, 6) is 0.735. The Morgan fingerprint density at radius 3 is 2.85 bits per heavy atom. The molecule has 1 N–H and O–H groups in total. The van der Waals surface area contributed by atoms with Crippen molar-refractivity contribution < 1.29 is 4.74 Å². The molecule has 0 radical (unpaired) electrons. The maximum atomic E-state index is 5.94. The number of nitrogens with one attached hydrogen (secondary N) is 1. The van der Waals surface area contributed by atoms with E-state index in [1.54, 1.807) is 0 Å². The first kappa shape index (κ1) is 16.3. The molecule has 3 heteroatoms. The molecule has 0 amide bonds. The average Bonchev–Trinajstić information content (AvgIpc) is 2.88. The molecule has 20 heavy (non-hydrogen) atoms. The Bertz CT molecular complexity index is 295. The summed E-state index contributed by atoms with van der Waals surface area (Å²) in [5, 5.41) is 3.67. The number of hydrogen-bond acceptors (Lipinski definition) is 3. The Hall–Kier alpha value is -0.120. The van der Waals surface area contributed by atoms with Crippen LogP contribution in [0.3, 0.4) is 0 Å². The summed E-state index contributed by atoms with van der Waals surface area (Å²) in [4.78, 5) is 2.72. The highest BCUT2D eigenvalue weighted by atomic mass is 16.5. The molecule has 1 aliphatic heterocycles. The highest BCUT2D eigenvalue weighted by Gasteiger charge is 2.38. The summed E-state index contributed by atoms with van der Waals surface area (Å²) in [5.41, 5.74) is 0.388. The van der Waals surface area contributed by atoms with Crippen LogP contribution in [0.25, 0.3) is 0 Å². The van der Waals surface area contributed by atoms with Gasteiger partial charge >= 0.3 is 0 Å². The molecule has 2 aliphatic rings. The molecule has 0 bridgehead atoms. The van der Waals surface area contributed by atoms with Crippen molar-refractivity contribution in [2.75, 3.05) is 32.8 Å². The summed E-state index contributed by atoms with van der Waals surface area (Å²) < 4.78 is 5.94. The number of nitrogens with zero attached hydrogens (tertiary/aromatic N) is 1. The van der Waals surface area contributed by atoms with E-state index in [-0.39, 0.29) is 0 Å². The molecule has 2 fully saturated rings. The van der Waals surface area contributed by atoms with Gasteiger partial charge in [-0.25, -0.2) is 0 Å². The smallest absolute Gasteiger partial charge is 0.0730 e. The quantitative estimate of drug-likeness (QED) is 0.777. The molecule has 1 aliphatic carbocycles. The first-order chi connectivity index (χ1) is 9.54. The Morgan fingerprint density at radius 2 is 2.15 bits per heavy atom. The van der Waals surface area contributed by atoms with E-state index in [0.717, 1.165) is 32.2 Å². The zero-order valence-electron chi connectivity index (χ0n) is 14.0. The van der Waals surface area contributed by atoms with E-state index < -0.39 is 0 Å². The second-order valence-electron chi connectivity index (χ2n) is 7.57. The molecule has 1 saturated heterocycles. The van der Waals surface area contributed by atoms with Gasteiger partial charge in [0, 0.05) is 25.7 Å². The zero-order valence-corrected chi connectivity index (χ0v) is 14.0. The fraction of sp³-hybridized carbons (Fsp3) is 1.00. The van der Waals surface area contributed by atoms with Crippen LogP contribution in [-0.4, -0.2) is 49.8 Å². The van der Waals surface area contributed by atoms with Crippen molar-refractivity contribution in [1.82, 2.24) is 10.2 Å². The molecule has 0 aromatic carbocycles. The van der Waals surface area contributed by atoms with Crippen LogP contribution in [0.15, 0.2) is 0 Å². The minimum atomic E-state index is 0.388. The third kappa shape index (κ3) is 4.19. The Labute approximate surface area is 125 Å². The van der Waals surface area contributed by atoms with Crippen LogP contribution < -0.4 is 5.32 Å². The Balaban J connectivity index is 1.87. The van der Waals surface area contributed by atoms with Crippen molar-refractivity contribution in [2.24, 2.45) is 11.3 Å². The maximum absolute atomic E-state index is 5.94. The van der Waals surface area contributed by atoms with Gasteiger partial charge < -0.3 is 10.1 Å². The van der Waals surface area contributed by atoms with Gasteiger partial charge in [0.25, 0.3) is 0 Å². The number of morpholine rings is 1. The lowest BCUT2D eigenvalue weighted by molar-refractivity contribution is -0.0675. The molecular formula is C17H34N2O. The third-order valence-electron chi connectivity index (χ3n) is 5.14. The predicted molar refractivity (Wildman–Crippen MR) is 85.1 cm³/mol. The molecular weight excluding hydrogens is 248 g/mol. The first-order valence-corrected chi connectivity index (χ1v) is 8.60. The van der Waals surface area contributed by atoms with Gasteiger partial charge in [-0.1, -0.05) is 27.7 Å². The second kappa shape index (κ2) is 7.24. The zero-order chi connectivity index (χ0) is 14.6. The van der Waals surface area contributed by atoms with E-state index >= 15 is 0 Å². The largest absolute Gasteiger partial charge is 0.375 e. The summed E-state index contributed by atoms with van der Waals surface area (Å²) in [6, 6.07) is 0.694. The van der Waals surface area contributed by atoms with E-state index in [4.69, 9.17) is 4.74 Å². The molecule has 3 atom stereocenters. The summed E-state index contributed by atoms with van der Waals surface area (Å²) in [6.45, 7) is 14.9. The lowest BCUT2D eigenvalue weighted by Crippen LogP contribution is -2.53. The van der Waals surface area contributed by atoms with Crippen molar-refractivity contribution in [3.05, 3.63) is 0 Å². The van der Waals surface area contributed by atoms with Gasteiger partial charge in [0.2, 0.25) is 0 Å². The average molecular weight is 282 g/mol. The van der Waals surface area contributed by atoms with Crippen LogP contribution in [0.1, 0.15) is 53.4 Å². The number of ether oxygens (including phenoxy) is 1. The van der Waals surface area contributed by atoms with Crippen LogP contribution in [0.5, 0.6) is 0 Å². The van der Waals surface area contributed by atoms with E-state index in [1.165, 1.54) is 32.2 Å². The number of hydrogen-bond donors (Lipinski definition) is 1. The topological polar surface area (TPSA) is 24.5 Å². The molecule has 0 spiro atoms. The lowest BCUT2D eigenvalue weighted by Gasteiger charge is -2.43. The summed E-state index contributed by atoms with van der Waals surface area (Å²) in [7, 11) is 0. The van der Waals surface area contributed by atoms with Crippen LogP contribution in [-0.2, 0) is 4.74 Å². The van der Waals surface area contributed by atoms with Gasteiger partial charge in [0.1, 0.15) is 0 Å². The predicted octanol–water partition coefficient (Wildman–Crippen LogP) is 2.90. The minimum absolute atomic E-state index is 0.388. The standard InChI is InChI=1S/C17H34N2O/c1-5-17(4,12-18-11-14(2)3)13-19-9-10-20-16-8-6-7-15(16)19/h14-16,18H,5-13H2,1-4H3. The Morgan fingerprint density at radius 1 is 1.35 bits per heavy atom. The van der Waals surface area contributed by atoms with Gasteiger partial charge in [-0.2, -0.15) is 0 Å². The van der Waals surface area contributed by atoms with E-state index in [2.05, 4.69) is 37.9 Å². The lowest BCUT2D eigenvalue weighted by atomic mass is 9.85. The second-order valence-corrected chi connectivity index (χ2v) is 7.57. The fourth-order valence-corrected chi connectivity index (χ4v) is 3.65. The molecule has 118 valence electrons. The van der Waals surface area contributed by atoms with E-state index in [1.807, 2.05) is 0 Å². The fourth-order valence-electron chi connectivity index (χ4n) is 3.65. The van der Waals surface area contributed by atoms with Crippen molar-refractivity contribution in [3.63, 3.8) is 0 Å². The van der Waals surface area contributed by atoms with Crippen LogP contribution in [0.4, 0.5) is 0 Å². The maximum Gasteiger partial charge on any atom is 0.0730 e. The minimum Gasteiger partial charge on any atom is -0.375 e. The molecule has 1 heterocycles. The third-order valence-corrected chi connectivity index (χ3v) is 5.14. The van der Waals surface area contributed by atoms with Gasteiger partial charge in [0.05, 0.1) is 12.7 Å². The SMILES string of the molecule is CCC(C)(CNCC(C)C)CN1CCOC2CCCC21. The van der Waals surface area contributed by atoms with Crippen molar-refractivity contribution in [1.29, 1.82) is 0 Å². The van der Waals surface area contributed by atoms with Crippen LogP contribution >= 0.6 is 0 Å². The molecule has 0 aromatic heterocycles.